The Hall–Kier alpha value is -3.78. The predicted molar refractivity (Wildman–Crippen MR) is 125 cm³/mol. The second-order valence-electron chi connectivity index (χ2n) is 7.85. The fourth-order valence-electron chi connectivity index (χ4n) is 3.94. The van der Waals surface area contributed by atoms with E-state index < -0.39 is 15.9 Å². The summed E-state index contributed by atoms with van der Waals surface area (Å²) in [6.07, 6.45) is 2.84. The number of carbonyl (C=O) groups is 2. The number of nitrogens with zero attached hydrogens (tertiary/aromatic N) is 2. The van der Waals surface area contributed by atoms with Crippen molar-refractivity contribution in [2.75, 3.05) is 4.31 Å². The molecule has 7 nitrogen and oxygen atoms in total. The van der Waals surface area contributed by atoms with Gasteiger partial charge in [0.05, 0.1) is 16.1 Å². The average Bonchev–Trinajstić information content (AvgIpc) is 3.09. The number of sulfonamides is 1. The summed E-state index contributed by atoms with van der Waals surface area (Å²) in [4.78, 5) is 29.7. The zero-order valence-corrected chi connectivity index (χ0v) is 19.4. The molecule has 2 heterocycles. The minimum atomic E-state index is -4.30. The number of pyridine rings is 1. The van der Waals surface area contributed by atoms with Crippen LogP contribution in [0.15, 0.2) is 70.2 Å². The summed E-state index contributed by atoms with van der Waals surface area (Å²) in [6.45, 7) is 6.63. The minimum Gasteiger partial charge on any atom is -0.461 e. The monoisotopic (exact) mass is 462 g/mol. The Morgan fingerprint density at radius 1 is 0.939 bits per heavy atom. The van der Waals surface area contributed by atoms with Gasteiger partial charge in [-0.1, -0.05) is 17.7 Å². The fourth-order valence-corrected chi connectivity index (χ4v) is 5.55. The molecule has 0 saturated carbocycles. The summed E-state index contributed by atoms with van der Waals surface area (Å²) in [7, 11) is -4.30. The molecule has 1 amide bonds. The van der Waals surface area contributed by atoms with Gasteiger partial charge >= 0.3 is 0 Å². The van der Waals surface area contributed by atoms with Crippen LogP contribution in [0.5, 0.6) is 0 Å². The molecule has 0 aliphatic rings. The number of hydrogen-bond acceptors (Lipinski definition) is 6. The van der Waals surface area contributed by atoms with E-state index in [-0.39, 0.29) is 21.9 Å². The molecule has 0 aliphatic heterocycles. The molecule has 0 spiro atoms. The molecule has 33 heavy (non-hydrogen) atoms. The van der Waals surface area contributed by atoms with Gasteiger partial charge in [-0.3, -0.25) is 14.6 Å². The summed E-state index contributed by atoms with van der Waals surface area (Å²) in [5.41, 5.74) is 2.47. The van der Waals surface area contributed by atoms with Crippen LogP contribution in [0.2, 0.25) is 0 Å². The van der Waals surface area contributed by atoms with E-state index in [9.17, 15) is 18.0 Å². The summed E-state index contributed by atoms with van der Waals surface area (Å²) in [5.74, 6) is -0.521. The van der Waals surface area contributed by atoms with Gasteiger partial charge in [0.15, 0.2) is 5.78 Å². The molecule has 168 valence electrons. The van der Waals surface area contributed by atoms with Gasteiger partial charge < -0.3 is 4.42 Å². The summed E-state index contributed by atoms with van der Waals surface area (Å²) in [5, 5.41) is 0.445. The highest BCUT2D eigenvalue weighted by Gasteiger charge is 2.33. The number of anilines is 1. The molecule has 0 N–H and O–H groups in total. The van der Waals surface area contributed by atoms with Crippen molar-refractivity contribution in [1.82, 2.24) is 4.98 Å². The second kappa shape index (κ2) is 8.29. The quantitative estimate of drug-likeness (QED) is 0.388. The lowest BCUT2D eigenvalue weighted by Gasteiger charge is -2.24. The Kier molecular flexibility index (Phi) is 5.63. The minimum absolute atomic E-state index is 0.0192. The molecular formula is C25H22N2O5S. The van der Waals surface area contributed by atoms with E-state index in [1.165, 1.54) is 49.6 Å². The number of aryl methyl sites for hydroxylation is 3. The van der Waals surface area contributed by atoms with E-state index in [2.05, 4.69) is 4.98 Å². The average molecular weight is 463 g/mol. The first-order valence-electron chi connectivity index (χ1n) is 10.2. The number of benzene rings is 2. The number of amides is 1. The highest BCUT2D eigenvalue weighted by molar-refractivity contribution is 7.93. The van der Waals surface area contributed by atoms with Crippen LogP contribution in [0.3, 0.4) is 0 Å². The third-order valence-electron chi connectivity index (χ3n) is 5.39. The van der Waals surface area contributed by atoms with Crippen molar-refractivity contribution in [2.24, 2.45) is 0 Å². The van der Waals surface area contributed by atoms with Gasteiger partial charge in [0, 0.05) is 23.3 Å². The number of fused-ring (bicyclic) bond motifs is 1. The van der Waals surface area contributed by atoms with E-state index in [0.29, 0.717) is 27.9 Å². The molecule has 0 fully saturated rings. The van der Waals surface area contributed by atoms with E-state index >= 15 is 0 Å². The largest absolute Gasteiger partial charge is 0.461 e. The third kappa shape index (κ3) is 3.93. The number of rotatable bonds is 5. The zero-order valence-electron chi connectivity index (χ0n) is 18.6. The number of carbonyl (C=O) groups excluding carboxylic acids is 2. The Balaban J connectivity index is 1.98. The Bertz CT molecular complexity index is 1500. The molecule has 0 atom stereocenters. The highest BCUT2D eigenvalue weighted by Crippen LogP contribution is 2.34. The molecule has 0 unspecified atom stereocenters. The molecule has 4 aromatic rings. The van der Waals surface area contributed by atoms with Gasteiger partial charge in [0.1, 0.15) is 11.3 Å². The maximum Gasteiger partial charge on any atom is 0.272 e. The SMILES string of the molecule is CC(=O)c1c(C)oc2ccc(N(C(=O)c3ccncc3)S(=O)(=O)c3ccc(C)cc3C)cc12. The summed E-state index contributed by atoms with van der Waals surface area (Å²) >= 11 is 0. The van der Waals surface area contributed by atoms with Crippen molar-refractivity contribution in [3.63, 3.8) is 0 Å². The zero-order chi connectivity index (χ0) is 23.9. The van der Waals surface area contributed by atoms with Gasteiger partial charge in [-0.05, 0) is 69.7 Å². The van der Waals surface area contributed by atoms with Crippen molar-refractivity contribution in [2.45, 2.75) is 32.6 Å². The molecule has 0 bridgehead atoms. The Labute approximate surface area is 191 Å². The van der Waals surface area contributed by atoms with Crippen LogP contribution < -0.4 is 4.31 Å². The van der Waals surface area contributed by atoms with Gasteiger partial charge in [-0.15, -0.1) is 0 Å². The summed E-state index contributed by atoms with van der Waals surface area (Å²) < 4.78 is 34.1. The van der Waals surface area contributed by atoms with Crippen LogP contribution in [-0.2, 0) is 10.0 Å². The van der Waals surface area contributed by atoms with E-state index in [1.54, 1.807) is 32.0 Å². The van der Waals surface area contributed by atoms with Crippen LogP contribution in [0.4, 0.5) is 5.69 Å². The van der Waals surface area contributed by atoms with E-state index in [0.717, 1.165) is 9.87 Å². The van der Waals surface area contributed by atoms with Gasteiger partial charge in [0.2, 0.25) is 0 Å². The predicted octanol–water partition coefficient (Wildman–Crippen LogP) is 4.99. The Morgan fingerprint density at radius 3 is 2.27 bits per heavy atom. The van der Waals surface area contributed by atoms with Crippen LogP contribution in [0, 0.1) is 20.8 Å². The number of ketones is 1. The molecule has 0 aliphatic carbocycles. The molecule has 0 saturated heterocycles. The molecule has 2 aromatic carbocycles. The van der Waals surface area contributed by atoms with Crippen LogP contribution in [0.25, 0.3) is 11.0 Å². The standard InChI is InChI=1S/C25H22N2O5S/c1-15-5-8-23(16(2)13-15)33(30,31)27(25(29)19-9-11-26-12-10-19)20-6-7-22-21(14-20)24(17(3)28)18(4)32-22/h5-14H,1-4H3. The molecule has 0 radical (unpaired) electrons. The lowest BCUT2D eigenvalue weighted by Crippen LogP contribution is -2.37. The van der Waals surface area contributed by atoms with Gasteiger partial charge in [0.25, 0.3) is 15.9 Å². The van der Waals surface area contributed by atoms with Crippen molar-refractivity contribution in [1.29, 1.82) is 0 Å². The second-order valence-corrected chi connectivity index (χ2v) is 9.60. The number of Topliss-reactive ketones (excluding diaryl/α,β-unsaturated/α-hetero) is 1. The number of furan rings is 1. The number of aromatic nitrogens is 1. The first kappa shape index (κ1) is 22.4. The van der Waals surface area contributed by atoms with Gasteiger partial charge in [-0.25, -0.2) is 8.42 Å². The first-order valence-corrected chi connectivity index (χ1v) is 11.7. The van der Waals surface area contributed by atoms with Crippen molar-refractivity contribution >= 4 is 38.4 Å². The lowest BCUT2D eigenvalue weighted by atomic mass is 10.1. The van der Waals surface area contributed by atoms with E-state index in [4.69, 9.17) is 4.42 Å². The van der Waals surface area contributed by atoms with E-state index in [1.807, 2.05) is 6.92 Å². The molecule has 2 aromatic heterocycles. The van der Waals surface area contributed by atoms with Crippen LogP contribution >= 0.6 is 0 Å². The molecular weight excluding hydrogens is 440 g/mol. The van der Waals surface area contributed by atoms with Crippen molar-refractivity contribution in [3.8, 4) is 0 Å². The van der Waals surface area contributed by atoms with Crippen LogP contribution in [0.1, 0.15) is 44.5 Å². The Morgan fingerprint density at radius 2 is 1.64 bits per heavy atom. The molecule has 8 heteroatoms. The smallest absolute Gasteiger partial charge is 0.272 e. The molecule has 4 rings (SSSR count). The van der Waals surface area contributed by atoms with Crippen LogP contribution in [-0.4, -0.2) is 25.1 Å². The number of hydrogen-bond donors (Lipinski definition) is 0. The third-order valence-corrected chi connectivity index (χ3v) is 7.27. The lowest BCUT2D eigenvalue weighted by molar-refractivity contribution is 0.1000. The van der Waals surface area contributed by atoms with Crippen molar-refractivity contribution < 1.29 is 22.4 Å². The maximum absolute atomic E-state index is 13.8. The van der Waals surface area contributed by atoms with Gasteiger partial charge in [-0.2, -0.15) is 4.31 Å². The highest BCUT2D eigenvalue weighted by atomic mass is 32.2. The topological polar surface area (TPSA) is 97.6 Å². The fraction of sp³-hybridized carbons (Fsp3) is 0.160. The van der Waals surface area contributed by atoms with Crippen molar-refractivity contribution in [3.05, 3.63) is 88.9 Å². The normalized spacial score (nSPS) is 11.5. The summed E-state index contributed by atoms with van der Waals surface area (Å²) in [6, 6.07) is 12.4. The first-order chi connectivity index (χ1) is 15.6. The maximum atomic E-state index is 13.8.